The number of aryl methyl sites for hydroxylation is 1. The third kappa shape index (κ3) is 5.92. The number of amides is 1. The number of benzene rings is 2. The Morgan fingerprint density at radius 1 is 1.15 bits per heavy atom. The third-order valence-corrected chi connectivity index (χ3v) is 7.99. The highest BCUT2D eigenvalue weighted by Gasteiger charge is 2.19. The van der Waals surface area contributed by atoms with Gasteiger partial charge >= 0.3 is 0 Å². The number of pyridine rings is 1. The van der Waals surface area contributed by atoms with Gasteiger partial charge in [-0.3, -0.25) is 14.5 Å². The van der Waals surface area contributed by atoms with Crippen LogP contribution in [0.4, 0.5) is 10.1 Å². The quantitative estimate of drug-likeness (QED) is 0.249. The first-order valence-corrected chi connectivity index (χ1v) is 14.2. The van der Waals surface area contributed by atoms with Crippen LogP contribution in [0.2, 0.25) is 0 Å². The summed E-state index contributed by atoms with van der Waals surface area (Å²) in [5.74, 6) is -0.687. The molecule has 0 spiro atoms. The van der Waals surface area contributed by atoms with Crippen LogP contribution in [0.3, 0.4) is 0 Å². The lowest BCUT2D eigenvalue weighted by atomic mass is 10.1. The van der Waals surface area contributed by atoms with Crippen LogP contribution in [0.1, 0.15) is 31.9 Å². The van der Waals surface area contributed by atoms with E-state index in [0.717, 1.165) is 0 Å². The standard InChI is InChI=1S/C29H28FN7O3S/c1-18-12-19(14-26(38)35-20-16-34-37(17-20)29(2,3)4)13-23(30)28(18)40-25-9-11-32-24-8-7-21(15-22(24)25)41(31,39)27-6-5-10-33-36-27/h5-13,15-17,31H,14H2,1-4H3,(H,35,38). The molecule has 1 atom stereocenters. The molecule has 0 aliphatic rings. The van der Waals surface area contributed by atoms with Crippen LogP contribution in [-0.4, -0.2) is 35.1 Å². The van der Waals surface area contributed by atoms with Gasteiger partial charge in [-0.1, -0.05) is 6.07 Å². The van der Waals surface area contributed by atoms with Crippen molar-refractivity contribution >= 4 is 32.2 Å². The van der Waals surface area contributed by atoms with Crippen molar-refractivity contribution in [3.05, 3.63) is 90.3 Å². The van der Waals surface area contributed by atoms with Crippen molar-refractivity contribution in [1.82, 2.24) is 25.0 Å². The Hall–Kier alpha value is -4.71. The monoisotopic (exact) mass is 573 g/mol. The lowest BCUT2D eigenvalue weighted by Gasteiger charge is -2.18. The van der Waals surface area contributed by atoms with E-state index in [2.05, 4.69) is 25.6 Å². The van der Waals surface area contributed by atoms with Gasteiger partial charge in [-0.2, -0.15) is 10.2 Å². The Morgan fingerprint density at radius 2 is 1.95 bits per heavy atom. The second-order valence-electron chi connectivity index (χ2n) is 10.5. The van der Waals surface area contributed by atoms with Gasteiger partial charge in [0, 0.05) is 24.0 Å². The first-order valence-electron chi connectivity index (χ1n) is 12.7. The lowest BCUT2D eigenvalue weighted by Crippen LogP contribution is -2.22. The highest BCUT2D eigenvalue weighted by molar-refractivity contribution is 7.92. The van der Waals surface area contributed by atoms with Crippen LogP contribution in [0, 0.1) is 17.5 Å². The van der Waals surface area contributed by atoms with E-state index < -0.39 is 15.5 Å². The molecule has 10 nitrogen and oxygen atoms in total. The van der Waals surface area contributed by atoms with Gasteiger partial charge < -0.3 is 10.1 Å². The van der Waals surface area contributed by atoms with Gasteiger partial charge in [-0.25, -0.2) is 13.4 Å². The normalized spacial score (nSPS) is 13.1. The van der Waals surface area contributed by atoms with Crippen LogP contribution >= 0.6 is 0 Å². The number of fused-ring (bicyclic) bond motifs is 1. The van der Waals surface area contributed by atoms with Gasteiger partial charge in [0.15, 0.2) is 16.6 Å². The summed E-state index contributed by atoms with van der Waals surface area (Å²) < 4.78 is 44.9. The van der Waals surface area contributed by atoms with Crippen LogP contribution in [0.5, 0.6) is 11.5 Å². The summed E-state index contributed by atoms with van der Waals surface area (Å²) in [5, 5.41) is 15.1. The number of carbonyl (C=O) groups excluding carboxylic acids is 1. The van der Waals surface area contributed by atoms with Crippen LogP contribution in [0.25, 0.3) is 10.9 Å². The maximum Gasteiger partial charge on any atom is 0.228 e. The molecule has 210 valence electrons. The third-order valence-electron chi connectivity index (χ3n) is 6.27. The number of hydrogen-bond acceptors (Lipinski definition) is 8. The molecule has 0 radical (unpaired) electrons. The minimum atomic E-state index is -3.46. The van der Waals surface area contributed by atoms with Gasteiger partial charge in [0.05, 0.1) is 34.3 Å². The molecule has 2 N–H and O–H groups in total. The number of hydrogen-bond donors (Lipinski definition) is 2. The number of rotatable bonds is 7. The molecular weight excluding hydrogens is 545 g/mol. The number of nitrogens with zero attached hydrogens (tertiary/aromatic N) is 5. The van der Waals surface area contributed by atoms with Gasteiger partial charge in [-0.05, 0) is 81.3 Å². The van der Waals surface area contributed by atoms with Crippen LogP contribution < -0.4 is 10.1 Å². The highest BCUT2D eigenvalue weighted by Crippen LogP contribution is 2.35. The molecule has 41 heavy (non-hydrogen) atoms. The minimum absolute atomic E-state index is 0.0148. The molecule has 0 fully saturated rings. The molecule has 0 aliphatic heterocycles. The predicted molar refractivity (Wildman–Crippen MR) is 152 cm³/mol. The van der Waals surface area contributed by atoms with E-state index in [1.54, 1.807) is 54.3 Å². The van der Waals surface area contributed by atoms with E-state index >= 15 is 4.39 Å². The summed E-state index contributed by atoms with van der Waals surface area (Å²) in [6.07, 6.45) is 6.23. The van der Waals surface area contributed by atoms with E-state index in [1.165, 1.54) is 30.6 Å². The Balaban J connectivity index is 1.38. The molecule has 0 saturated heterocycles. The molecule has 5 aromatic rings. The number of halogens is 1. The number of carbonyl (C=O) groups is 1. The largest absolute Gasteiger partial charge is 0.453 e. The van der Waals surface area contributed by atoms with Crippen molar-refractivity contribution in [1.29, 1.82) is 4.78 Å². The van der Waals surface area contributed by atoms with Crippen molar-refractivity contribution in [2.75, 3.05) is 5.32 Å². The second kappa shape index (κ2) is 10.7. The average molecular weight is 574 g/mol. The zero-order chi connectivity index (χ0) is 29.4. The topological polar surface area (TPSA) is 136 Å². The van der Waals surface area contributed by atoms with E-state index in [1.807, 2.05) is 20.8 Å². The number of nitrogens with one attached hydrogen (secondary N) is 2. The SMILES string of the molecule is Cc1cc(CC(=O)Nc2cnn(C(C)(C)C)c2)cc(F)c1Oc1ccnc2ccc(S(=N)(=O)c3cccnn3)cc12. The van der Waals surface area contributed by atoms with Crippen molar-refractivity contribution < 1.29 is 18.1 Å². The number of aromatic nitrogens is 5. The van der Waals surface area contributed by atoms with Crippen LogP contribution in [-0.2, 0) is 26.5 Å². The summed E-state index contributed by atoms with van der Waals surface area (Å²) in [5.41, 5.74) is 1.81. The molecule has 1 amide bonds. The zero-order valence-corrected chi connectivity index (χ0v) is 23.7. The Kier molecular flexibility index (Phi) is 7.26. The lowest BCUT2D eigenvalue weighted by molar-refractivity contribution is -0.115. The fraction of sp³-hybridized carbons (Fsp3) is 0.207. The maximum absolute atomic E-state index is 15.3. The molecule has 12 heteroatoms. The molecular formula is C29H28FN7O3S. The highest BCUT2D eigenvalue weighted by atomic mass is 32.2. The fourth-order valence-electron chi connectivity index (χ4n) is 4.22. The molecule has 2 aromatic carbocycles. The van der Waals surface area contributed by atoms with Crippen molar-refractivity contribution in [2.24, 2.45) is 0 Å². The van der Waals surface area contributed by atoms with E-state index in [4.69, 9.17) is 9.52 Å². The first kappa shape index (κ1) is 27.8. The minimum Gasteiger partial charge on any atom is -0.453 e. The summed E-state index contributed by atoms with van der Waals surface area (Å²) in [7, 11) is -3.46. The summed E-state index contributed by atoms with van der Waals surface area (Å²) in [6, 6.07) is 12.3. The number of ether oxygens (including phenoxy) is 1. The molecule has 0 saturated carbocycles. The number of anilines is 1. The van der Waals surface area contributed by atoms with Gasteiger partial charge in [0.2, 0.25) is 5.91 Å². The molecule has 1 unspecified atom stereocenters. The van der Waals surface area contributed by atoms with Crippen molar-refractivity contribution in [2.45, 2.75) is 49.6 Å². The summed E-state index contributed by atoms with van der Waals surface area (Å²) in [6.45, 7) is 7.69. The molecule has 0 aliphatic carbocycles. The summed E-state index contributed by atoms with van der Waals surface area (Å²) in [4.78, 5) is 17.1. The predicted octanol–water partition coefficient (Wildman–Crippen LogP) is 5.86. The summed E-state index contributed by atoms with van der Waals surface area (Å²) >= 11 is 0. The fourth-order valence-corrected chi connectivity index (χ4v) is 5.43. The Morgan fingerprint density at radius 3 is 2.63 bits per heavy atom. The maximum atomic E-state index is 15.3. The van der Waals surface area contributed by atoms with Gasteiger partial charge in [-0.15, -0.1) is 5.10 Å². The Bertz CT molecular complexity index is 1840. The molecule has 3 aromatic heterocycles. The average Bonchev–Trinajstić information content (AvgIpc) is 3.40. The van der Waals surface area contributed by atoms with Crippen molar-refractivity contribution in [3.8, 4) is 11.5 Å². The van der Waals surface area contributed by atoms with Crippen molar-refractivity contribution in [3.63, 3.8) is 0 Å². The van der Waals surface area contributed by atoms with E-state index in [9.17, 15) is 9.00 Å². The smallest absolute Gasteiger partial charge is 0.228 e. The van der Waals surface area contributed by atoms with E-state index in [-0.39, 0.29) is 39.3 Å². The first-order chi connectivity index (χ1) is 19.4. The Labute approximate surface area is 236 Å². The van der Waals surface area contributed by atoms with E-state index in [0.29, 0.717) is 27.7 Å². The zero-order valence-electron chi connectivity index (χ0n) is 22.9. The molecule has 5 rings (SSSR count). The molecule has 3 heterocycles. The molecule has 0 bridgehead atoms. The second-order valence-corrected chi connectivity index (χ2v) is 12.5. The van der Waals surface area contributed by atoms with Crippen LogP contribution in [0.15, 0.2) is 83.2 Å². The van der Waals surface area contributed by atoms with Gasteiger partial charge in [0.1, 0.15) is 15.5 Å². The van der Waals surface area contributed by atoms with Gasteiger partial charge in [0.25, 0.3) is 0 Å².